The quantitative estimate of drug-likeness (QED) is 0.868. The van der Waals surface area contributed by atoms with Crippen LogP contribution in [0.2, 0.25) is 0 Å². The van der Waals surface area contributed by atoms with E-state index in [0.717, 1.165) is 36.6 Å². The summed E-state index contributed by atoms with van der Waals surface area (Å²) in [5, 5.41) is 6.32. The summed E-state index contributed by atoms with van der Waals surface area (Å²) in [6.45, 7) is 2.92. The van der Waals surface area contributed by atoms with Gasteiger partial charge in [0.15, 0.2) is 11.5 Å². The molecule has 0 radical (unpaired) electrons. The summed E-state index contributed by atoms with van der Waals surface area (Å²) in [4.78, 5) is 12.0. The Hall–Kier alpha value is -1.75. The molecule has 0 spiro atoms. The van der Waals surface area contributed by atoms with E-state index < -0.39 is 0 Å². The Balaban J connectivity index is 1.44. The van der Waals surface area contributed by atoms with E-state index in [2.05, 4.69) is 10.6 Å². The van der Waals surface area contributed by atoms with Gasteiger partial charge in [-0.05, 0) is 44.3 Å². The van der Waals surface area contributed by atoms with Crippen LogP contribution < -0.4 is 20.1 Å². The van der Waals surface area contributed by atoms with Crippen LogP contribution in [0.25, 0.3) is 0 Å². The molecule has 2 heterocycles. The number of nitrogens with one attached hydrogen (secondary N) is 2. The highest BCUT2D eigenvalue weighted by molar-refractivity contribution is 5.76. The van der Waals surface area contributed by atoms with Gasteiger partial charge in [0.25, 0.3) is 0 Å². The number of fused-ring (bicyclic) bond motifs is 1. The number of hydrogen-bond acceptors (Lipinski definition) is 4. The lowest BCUT2D eigenvalue weighted by molar-refractivity contribution is -0.121. The minimum Gasteiger partial charge on any atom is -0.454 e. The van der Waals surface area contributed by atoms with Gasteiger partial charge >= 0.3 is 0 Å². The van der Waals surface area contributed by atoms with Gasteiger partial charge in [0.1, 0.15) is 0 Å². The maximum Gasteiger partial charge on any atom is 0.231 e. The van der Waals surface area contributed by atoms with E-state index in [1.165, 1.54) is 12.8 Å². The molecule has 2 N–H and O–H groups in total. The van der Waals surface area contributed by atoms with Crippen LogP contribution >= 0.6 is 0 Å². The van der Waals surface area contributed by atoms with E-state index in [1.54, 1.807) is 0 Å². The normalized spacial score (nSPS) is 17.7. The number of hydrogen-bond donors (Lipinski definition) is 2. The van der Waals surface area contributed by atoms with Crippen LogP contribution in [0.3, 0.4) is 0 Å². The van der Waals surface area contributed by atoms with E-state index >= 15 is 0 Å². The van der Waals surface area contributed by atoms with E-state index in [-0.39, 0.29) is 12.7 Å². The van der Waals surface area contributed by atoms with Crippen molar-refractivity contribution < 1.29 is 14.3 Å². The predicted molar refractivity (Wildman–Crippen MR) is 79.2 cm³/mol. The molecule has 1 fully saturated rings. The van der Waals surface area contributed by atoms with E-state index in [1.807, 2.05) is 18.2 Å². The molecule has 2 aliphatic rings. The Bertz CT molecular complexity index is 498. The highest BCUT2D eigenvalue weighted by Gasteiger charge is 2.18. The minimum atomic E-state index is 0.116. The maximum atomic E-state index is 12.0. The molecule has 0 bridgehead atoms. The molecule has 1 saturated heterocycles. The number of carbonyl (C=O) groups is 1. The van der Waals surface area contributed by atoms with Crippen molar-refractivity contribution in [2.45, 2.75) is 32.2 Å². The smallest absolute Gasteiger partial charge is 0.231 e. The van der Waals surface area contributed by atoms with Crippen molar-refractivity contribution in [1.82, 2.24) is 10.6 Å². The molecule has 5 heteroatoms. The maximum absolute atomic E-state index is 12.0. The average molecular weight is 290 g/mol. The number of carbonyl (C=O) groups excluding carboxylic acids is 1. The van der Waals surface area contributed by atoms with E-state index in [9.17, 15) is 4.79 Å². The zero-order chi connectivity index (χ0) is 14.5. The van der Waals surface area contributed by atoms with Crippen molar-refractivity contribution in [3.8, 4) is 11.5 Å². The van der Waals surface area contributed by atoms with Crippen molar-refractivity contribution in [3.63, 3.8) is 0 Å². The Morgan fingerprint density at radius 3 is 3.00 bits per heavy atom. The first kappa shape index (κ1) is 14.2. The van der Waals surface area contributed by atoms with Crippen LogP contribution in [0.5, 0.6) is 11.5 Å². The first-order valence-corrected chi connectivity index (χ1v) is 7.68. The van der Waals surface area contributed by atoms with Gasteiger partial charge in [-0.25, -0.2) is 0 Å². The summed E-state index contributed by atoms with van der Waals surface area (Å²) in [5.41, 5.74) is 0.972. The molecule has 1 aromatic carbocycles. The third-order valence-corrected chi connectivity index (χ3v) is 4.19. The third-order valence-electron chi connectivity index (χ3n) is 4.19. The van der Waals surface area contributed by atoms with Crippen LogP contribution in [0, 0.1) is 5.92 Å². The summed E-state index contributed by atoms with van der Waals surface area (Å²) < 4.78 is 10.8. The van der Waals surface area contributed by atoms with Gasteiger partial charge in [0.05, 0.1) is 0 Å². The van der Waals surface area contributed by atoms with Gasteiger partial charge in [-0.3, -0.25) is 4.79 Å². The average Bonchev–Trinajstić information content (AvgIpc) is 3.01. The number of amides is 1. The van der Waals surface area contributed by atoms with Gasteiger partial charge < -0.3 is 20.1 Å². The summed E-state index contributed by atoms with van der Waals surface area (Å²) in [5.74, 6) is 2.33. The fourth-order valence-electron chi connectivity index (χ4n) is 2.92. The molecular formula is C16H22N2O3. The summed E-state index contributed by atoms with van der Waals surface area (Å²) in [6, 6.07) is 5.76. The second-order valence-corrected chi connectivity index (χ2v) is 5.66. The van der Waals surface area contributed by atoms with Crippen LogP contribution in [-0.4, -0.2) is 25.8 Å². The Labute approximate surface area is 125 Å². The SMILES string of the molecule is O=C(CCC1CCNCC1)NCc1cccc2c1OCO2. The van der Waals surface area contributed by atoms with Gasteiger partial charge in [-0.2, -0.15) is 0 Å². The first-order valence-electron chi connectivity index (χ1n) is 7.68. The molecule has 21 heavy (non-hydrogen) atoms. The molecule has 0 aromatic heterocycles. The Kier molecular flexibility index (Phi) is 4.60. The number of ether oxygens (including phenoxy) is 2. The highest BCUT2D eigenvalue weighted by atomic mass is 16.7. The van der Waals surface area contributed by atoms with Gasteiger partial charge in [0.2, 0.25) is 12.7 Å². The molecule has 5 nitrogen and oxygen atoms in total. The molecule has 1 aromatic rings. The molecule has 1 amide bonds. The Morgan fingerprint density at radius 2 is 2.14 bits per heavy atom. The molecule has 114 valence electrons. The van der Waals surface area contributed by atoms with Gasteiger partial charge in [0, 0.05) is 18.5 Å². The van der Waals surface area contributed by atoms with Crippen LogP contribution in [0.15, 0.2) is 18.2 Å². The number of rotatable bonds is 5. The van der Waals surface area contributed by atoms with Crippen molar-refractivity contribution in [2.24, 2.45) is 5.92 Å². The molecule has 0 aliphatic carbocycles. The highest BCUT2D eigenvalue weighted by Crippen LogP contribution is 2.35. The van der Waals surface area contributed by atoms with Crippen molar-refractivity contribution in [3.05, 3.63) is 23.8 Å². The molecule has 0 saturated carbocycles. The Morgan fingerprint density at radius 1 is 1.29 bits per heavy atom. The van der Waals surface area contributed by atoms with Crippen molar-refractivity contribution >= 4 is 5.91 Å². The molecule has 0 unspecified atom stereocenters. The molecule has 2 aliphatic heterocycles. The lowest BCUT2D eigenvalue weighted by Crippen LogP contribution is -2.29. The number of benzene rings is 1. The largest absolute Gasteiger partial charge is 0.454 e. The minimum absolute atomic E-state index is 0.116. The fourth-order valence-corrected chi connectivity index (χ4v) is 2.92. The van der Waals surface area contributed by atoms with E-state index in [4.69, 9.17) is 9.47 Å². The summed E-state index contributed by atoms with van der Waals surface area (Å²) in [6.07, 6.45) is 3.96. The fraction of sp³-hybridized carbons (Fsp3) is 0.562. The van der Waals surface area contributed by atoms with Crippen molar-refractivity contribution in [2.75, 3.05) is 19.9 Å². The third kappa shape index (κ3) is 3.67. The summed E-state index contributed by atoms with van der Waals surface area (Å²) >= 11 is 0. The van der Waals surface area contributed by atoms with Crippen LogP contribution in [0.1, 0.15) is 31.2 Å². The monoisotopic (exact) mass is 290 g/mol. The van der Waals surface area contributed by atoms with Crippen LogP contribution in [0.4, 0.5) is 0 Å². The lowest BCUT2D eigenvalue weighted by Gasteiger charge is -2.22. The summed E-state index contributed by atoms with van der Waals surface area (Å²) in [7, 11) is 0. The predicted octanol–water partition coefficient (Wildman–Crippen LogP) is 1.81. The van der Waals surface area contributed by atoms with Gasteiger partial charge in [-0.15, -0.1) is 0 Å². The molecule has 3 rings (SSSR count). The van der Waals surface area contributed by atoms with Gasteiger partial charge in [-0.1, -0.05) is 12.1 Å². The number of para-hydroxylation sites is 1. The standard InChI is InChI=1S/C16H22N2O3/c19-15(5-4-12-6-8-17-9-7-12)18-10-13-2-1-3-14-16(13)21-11-20-14/h1-3,12,17H,4-11H2,(H,18,19). The van der Waals surface area contributed by atoms with E-state index in [0.29, 0.717) is 18.9 Å². The number of piperidine rings is 1. The second-order valence-electron chi connectivity index (χ2n) is 5.66. The van der Waals surface area contributed by atoms with Crippen LogP contribution in [-0.2, 0) is 11.3 Å². The molecule has 0 atom stereocenters. The first-order chi connectivity index (χ1) is 10.3. The zero-order valence-electron chi connectivity index (χ0n) is 12.2. The van der Waals surface area contributed by atoms with Crippen molar-refractivity contribution in [1.29, 1.82) is 0 Å². The molecular weight excluding hydrogens is 268 g/mol. The topological polar surface area (TPSA) is 59.6 Å². The zero-order valence-corrected chi connectivity index (χ0v) is 12.2. The lowest BCUT2D eigenvalue weighted by atomic mass is 9.93. The second kappa shape index (κ2) is 6.80.